The van der Waals surface area contributed by atoms with Crippen LogP contribution in [0.2, 0.25) is 0 Å². The molecule has 1 fully saturated rings. The highest BCUT2D eigenvalue weighted by Gasteiger charge is 2.30. The number of hydrogen-bond donors (Lipinski definition) is 2. The molecule has 1 heterocycles. The van der Waals surface area contributed by atoms with Gasteiger partial charge in [-0.15, -0.1) is 0 Å². The Morgan fingerprint density at radius 3 is 3.00 bits per heavy atom. The van der Waals surface area contributed by atoms with Crippen molar-refractivity contribution in [3.63, 3.8) is 0 Å². The summed E-state index contributed by atoms with van der Waals surface area (Å²) in [4.78, 5) is 14.4. The van der Waals surface area contributed by atoms with Gasteiger partial charge in [-0.2, -0.15) is 0 Å². The average molecular weight is 264 g/mol. The van der Waals surface area contributed by atoms with Crippen molar-refractivity contribution in [1.82, 2.24) is 4.90 Å². The van der Waals surface area contributed by atoms with Crippen LogP contribution in [0, 0.1) is 0 Å². The van der Waals surface area contributed by atoms with Crippen LogP contribution in [0.15, 0.2) is 18.2 Å². The number of carbonyl (C=O) groups excluding carboxylic acids is 1. The van der Waals surface area contributed by atoms with Gasteiger partial charge in [0.2, 0.25) is 0 Å². The summed E-state index contributed by atoms with van der Waals surface area (Å²) in [6, 6.07) is 4.51. The highest BCUT2D eigenvalue weighted by atomic mass is 16.5. The molecule has 2 rings (SSSR count). The van der Waals surface area contributed by atoms with E-state index >= 15 is 0 Å². The van der Waals surface area contributed by atoms with Gasteiger partial charge in [-0.1, -0.05) is 6.92 Å². The summed E-state index contributed by atoms with van der Waals surface area (Å²) >= 11 is 0. The predicted octanol–water partition coefficient (Wildman–Crippen LogP) is 1.61. The number of morpholine rings is 1. The van der Waals surface area contributed by atoms with Crippen LogP contribution < -0.4 is 5.73 Å². The molecule has 2 atom stereocenters. The zero-order valence-electron chi connectivity index (χ0n) is 11.3. The number of benzene rings is 1. The summed E-state index contributed by atoms with van der Waals surface area (Å²) in [5, 5.41) is 9.51. The number of amides is 1. The summed E-state index contributed by atoms with van der Waals surface area (Å²) in [6.45, 7) is 5.06. The normalized spacial score (nSPS) is 23.4. The number of anilines is 1. The Bertz CT molecular complexity index is 476. The molecule has 0 bridgehead atoms. The van der Waals surface area contributed by atoms with Gasteiger partial charge >= 0.3 is 0 Å². The number of hydrogen-bond acceptors (Lipinski definition) is 4. The Morgan fingerprint density at radius 2 is 2.32 bits per heavy atom. The van der Waals surface area contributed by atoms with Crippen LogP contribution in [0.4, 0.5) is 5.69 Å². The maximum absolute atomic E-state index is 12.6. The Labute approximate surface area is 113 Å². The number of rotatable bonds is 2. The highest BCUT2D eigenvalue weighted by Crippen LogP contribution is 2.23. The van der Waals surface area contributed by atoms with Gasteiger partial charge in [0.1, 0.15) is 5.75 Å². The Hall–Kier alpha value is -1.75. The first-order valence-electron chi connectivity index (χ1n) is 6.54. The lowest BCUT2D eigenvalue weighted by molar-refractivity contribution is -0.0443. The number of ether oxygens (including phenoxy) is 1. The lowest BCUT2D eigenvalue weighted by Gasteiger charge is -2.38. The van der Waals surface area contributed by atoms with Crippen LogP contribution in [-0.4, -0.2) is 41.2 Å². The van der Waals surface area contributed by atoms with Gasteiger partial charge in [0.25, 0.3) is 5.91 Å². The topological polar surface area (TPSA) is 75.8 Å². The van der Waals surface area contributed by atoms with E-state index in [4.69, 9.17) is 10.5 Å². The Morgan fingerprint density at radius 1 is 1.58 bits per heavy atom. The standard InChI is InChI=1S/C14H20N2O3/c1-3-10-8-19-9(2)7-16(10)14(18)12-6-11(17)4-5-13(12)15/h4-6,9-10,17H,3,7-8,15H2,1-2H3. The first-order chi connectivity index (χ1) is 9.02. The fourth-order valence-corrected chi connectivity index (χ4v) is 2.32. The largest absolute Gasteiger partial charge is 0.508 e. The molecule has 0 radical (unpaired) electrons. The van der Waals surface area contributed by atoms with Crippen molar-refractivity contribution in [3.8, 4) is 5.75 Å². The maximum atomic E-state index is 12.6. The minimum atomic E-state index is -0.143. The van der Waals surface area contributed by atoms with E-state index in [0.717, 1.165) is 6.42 Å². The van der Waals surface area contributed by atoms with Crippen molar-refractivity contribution in [2.24, 2.45) is 0 Å². The molecule has 1 aliphatic heterocycles. The van der Waals surface area contributed by atoms with Crippen molar-refractivity contribution >= 4 is 11.6 Å². The molecule has 1 saturated heterocycles. The molecule has 1 amide bonds. The van der Waals surface area contributed by atoms with E-state index in [1.54, 1.807) is 11.0 Å². The van der Waals surface area contributed by atoms with E-state index in [0.29, 0.717) is 24.4 Å². The maximum Gasteiger partial charge on any atom is 0.256 e. The zero-order chi connectivity index (χ0) is 14.0. The number of nitrogens with zero attached hydrogens (tertiary/aromatic N) is 1. The number of carbonyl (C=O) groups is 1. The summed E-state index contributed by atoms with van der Waals surface area (Å²) in [6.07, 6.45) is 0.849. The summed E-state index contributed by atoms with van der Waals surface area (Å²) < 4.78 is 5.58. The van der Waals surface area contributed by atoms with Crippen LogP contribution >= 0.6 is 0 Å². The average Bonchev–Trinajstić information content (AvgIpc) is 2.40. The fourth-order valence-electron chi connectivity index (χ4n) is 2.32. The van der Waals surface area contributed by atoms with E-state index in [1.165, 1.54) is 12.1 Å². The van der Waals surface area contributed by atoms with Gasteiger partial charge in [-0.25, -0.2) is 0 Å². The van der Waals surface area contributed by atoms with Gasteiger partial charge in [0, 0.05) is 12.2 Å². The minimum absolute atomic E-state index is 0.0188. The van der Waals surface area contributed by atoms with E-state index in [1.807, 2.05) is 13.8 Å². The molecule has 104 valence electrons. The molecule has 1 aliphatic rings. The molecular weight excluding hydrogens is 244 g/mol. The van der Waals surface area contributed by atoms with Gasteiger partial charge in [-0.05, 0) is 31.5 Å². The quantitative estimate of drug-likeness (QED) is 0.628. The molecule has 0 spiro atoms. The summed E-state index contributed by atoms with van der Waals surface area (Å²) in [7, 11) is 0. The third kappa shape index (κ3) is 2.81. The molecule has 1 aromatic rings. The third-order valence-corrected chi connectivity index (χ3v) is 3.47. The lowest BCUT2D eigenvalue weighted by atomic mass is 10.1. The second kappa shape index (κ2) is 5.48. The molecule has 0 aliphatic carbocycles. The van der Waals surface area contributed by atoms with Crippen molar-refractivity contribution in [2.45, 2.75) is 32.4 Å². The van der Waals surface area contributed by atoms with Crippen molar-refractivity contribution < 1.29 is 14.6 Å². The molecule has 0 aromatic heterocycles. The smallest absolute Gasteiger partial charge is 0.256 e. The monoisotopic (exact) mass is 264 g/mol. The van der Waals surface area contributed by atoms with Crippen LogP contribution in [0.25, 0.3) is 0 Å². The molecular formula is C14H20N2O3. The second-order valence-corrected chi connectivity index (χ2v) is 4.94. The van der Waals surface area contributed by atoms with Crippen LogP contribution in [0.3, 0.4) is 0 Å². The lowest BCUT2D eigenvalue weighted by Crippen LogP contribution is -2.51. The number of aromatic hydroxyl groups is 1. The molecule has 5 heteroatoms. The molecule has 5 nitrogen and oxygen atoms in total. The first kappa shape index (κ1) is 13.7. The number of nitrogens with two attached hydrogens (primary N) is 1. The van der Waals surface area contributed by atoms with Gasteiger partial charge < -0.3 is 20.5 Å². The first-order valence-corrected chi connectivity index (χ1v) is 6.54. The SMILES string of the molecule is CCC1COC(C)CN1C(=O)c1cc(O)ccc1N. The minimum Gasteiger partial charge on any atom is -0.508 e. The molecule has 3 N–H and O–H groups in total. The highest BCUT2D eigenvalue weighted by molar-refractivity contribution is 5.99. The Balaban J connectivity index is 2.28. The zero-order valence-corrected chi connectivity index (χ0v) is 11.3. The van der Waals surface area contributed by atoms with Gasteiger partial charge in [-0.3, -0.25) is 4.79 Å². The second-order valence-electron chi connectivity index (χ2n) is 4.94. The predicted molar refractivity (Wildman–Crippen MR) is 73.0 cm³/mol. The van der Waals surface area contributed by atoms with Crippen LogP contribution in [-0.2, 0) is 4.74 Å². The van der Waals surface area contributed by atoms with E-state index in [9.17, 15) is 9.90 Å². The van der Waals surface area contributed by atoms with E-state index in [-0.39, 0.29) is 23.8 Å². The molecule has 19 heavy (non-hydrogen) atoms. The number of phenolic OH excluding ortho intramolecular Hbond substituents is 1. The molecule has 1 aromatic carbocycles. The fraction of sp³-hybridized carbons (Fsp3) is 0.500. The van der Waals surface area contributed by atoms with Crippen LogP contribution in [0.1, 0.15) is 30.6 Å². The van der Waals surface area contributed by atoms with Crippen molar-refractivity contribution in [3.05, 3.63) is 23.8 Å². The number of nitrogen functional groups attached to an aromatic ring is 1. The van der Waals surface area contributed by atoms with Gasteiger partial charge in [0.15, 0.2) is 0 Å². The van der Waals surface area contributed by atoms with Crippen molar-refractivity contribution in [1.29, 1.82) is 0 Å². The van der Waals surface area contributed by atoms with E-state index < -0.39 is 0 Å². The number of phenols is 1. The van der Waals surface area contributed by atoms with Gasteiger partial charge in [0.05, 0.1) is 24.3 Å². The molecule has 2 unspecified atom stereocenters. The van der Waals surface area contributed by atoms with Crippen LogP contribution in [0.5, 0.6) is 5.75 Å². The summed E-state index contributed by atoms with van der Waals surface area (Å²) in [5.74, 6) is -0.0951. The molecule has 0 saturated carbocycles. The van der Waals surface area contributed by atoms with E-state index in [2.05, 4.69) is 0 Å². The van der Waals surface area contributed by atoms with Crippen molar-refractivity contribution in [2.75, 3.05) is 18.9 Å². The Kier molecular flexibility index (Phi) is 3.95. The summed E-state index contributed by atoms with van der Waals surface area (Å²) in [5.41, 5.74) is 6.57. The third-order valence-electron chi connectivity index (χ3n) is 3.47.